The van der Waals surface area contributed by atoms with E-state index in [-0.39, 0.29) is 35.5 Å². The Balaban J connectivity index is 1.47. The molecule has 4 nitrogen and oxygen atoms in total. The largest absolute Gasteiger partial charge is 0.494 e. The molecule has 0 spiro atoms. The van der Waals surface area contributed by atoms with Crippen LogP contribution >= 0.6 is 0 Å². The number of rotatable bonds is 6. The summed E-state index contributed by atoms with van der Waals surface area (Å²) in [5.74, 6) is 0.952. The first-order valence-corrected chi connectivity index (χ1v) is 8.99. The van der Waals surface area contributed by atoms with E-state index in [0.29, 0.717) is 12.3 Å². The van der Waals surface area contributed by atoms with E-state index in [4.69, 9.17) is 4.74 Å². The molecule has 0 unspecified atom stereocenters. The second-order valence-electron chi connectivity index (χ2n) is 7.06. The van der Waals surface area contributed by atoms with E-state index in [1.54, 1.807) is 0 Å². The molecular weight excluding hydrogens is 302 g/mol. The average Bonchev–Trinajstić information content (AvgIpc) is 3.27. The van der Waals surface area contributed by atoms with Crippen molar-refractivity contribution in [2.75, 3.05) is 11.5 Å². The second kappa shape index (κ2) is 6.08. The molecule has 4 rings (SSSR count). The Bertz CT molecular complexity index is 649. The first kappa shape index (κ1) is 15.4. The maximum absolute atomic E-state index is 12.8. The summed E-state index contributed by atoms with van der Waals surface area (Å²) in [6.45, 7) is 2.86. The minimum Gasteiger partial charge on any atom is -0.494 e. The second-order valence-corrected chi connectivity index (χ2v) is 7.06. The molecule has 2 fully saturated rings. The fourth-order valence-corrected chi connectivity index (χ4v) is 4.39. The van der Waals surface area contributed by atoms with Crippen molar-refractivity contribution in [2.24, 2.45) is 23.7 Å². The molecule has 0 N–H and O–H groups in total. The summed E-state index contributed by atoms with van der Waals surface area (Å²) in [6.07, 6.45) is 8.57. The molecule has 1 aliphatic heterocycles. The number of unbranched alkanes of at least 4 members (excludes halogenated alkanes) is 2. The van der Waals surface area contributed by atoms with Crippen molar-refractivity contribution < 1.29 is 14.3 Å². The lowest BCUT2D eigenvalue weighted by Crippen LogP contribution is -2.32. The van der Waals surface area contributed by atoms with Crippen molar-refractivity contribution in [1.82, 2.24) is 0 Å². The van der Waals surface area contributed by atoms with Crippen molar-refractivity contribution in [3.8, 4) is 5.75 Å². The molecule has 0 aromatic heterocycles. The highest BCUT2D eigenvalue weighted by Crippen LogP contribution is 2.53. The van der Waals surface area contributed by atoms with Crippen molar-refractivity contribution in [1.29, 1.82) is 0 Å². The van der Waals surface area contributed by atoms with Crippen LogP contribution in [0.15, 0.2) is 36.4 Å². The number of hydrogen-bond acceptors (Lipinski definition) is 3. The number of amides is 2. The fourth-order valence-electron chi connectivity index (χ4n) is 4.39. The van der Waals surface area contributed by atoms with Crippen LogP contribution in [-0.4, -0.2) is 18.4 Å². The number of imide groups is 1. The molecule has 1 aromatic carbocycles. The molecule has 1 saturated heterocycles. The third kappa shape index (κ3) is 2.36. The lowest BCUT2D eigenvalue weighted by atomic mass is 9.85. The van der Waals surface area contributed by atoms with Gasteiger partial charge in [-0.1, -0.05) is 31.9 Å². The normalized spacial score (nSPS) is 30.3. The average molecular weight is 325 g/mol. The highest BCUT2D eigenvalue weighted by atomic mass is 16.5. The van der Waals surface area contributed by atoms with Gasteiger partial charge in [0.2, 0.25) is 11.8 Å². The van der Waals surface area contributed by atoms with E-state index in [1.165, 1.54) is 11.3 Å². The molecule has 2 aliphatic carbocycles. The fraction of sp³-hybridized carbons (Fsp3) is 0.500. The Hall–Kier alpha value is -2.10. The maximum atomic E-state index is 12.8. The number of nitrogens with zero attached hydrogens (tertiary/aromatic N) is 1. The van der Waals surface area contributed by atoms with Gasteiger partial charge >= 0.3 is 0 Å². The summed E-state index contributed by atoms with van der Waals surface area (Å²) >= 11 is 0. The van der Waals surface area contributed by atoms with Gasteiger partial charge in [0.1, 0.15) is 5.75 Å². The van der Waals surface area contributed by atoms with Gasteiger partial charge in [-0.15, -0.1) is 0 Å². The Morgan fingerprint density at radius 3 is 2.21 bits per heavy atom. The Labute approximate surface area is 142 Å². The molecule has 2 bridgehead atoms. The quantitative estimate of drug-likeness (QED) is 0.456. The van der Waals surface area contributed by atoms with Gasteiger partial charge in [0.05, 0.1) is 24.1 Å². The minimum absolute atomic E-state index is 0.0292. The van der Waals surface area contributed by atoms with Crippen LogP contribution in [0.3, 0.4) is 0 Å². The third-order valence-corrected chi connectivity index (χ3v) is 5.58. The van der Waals surface area contributed by atoms with E-state index < -0.39 is 0 Å². The van der Waals surface area contributed by atoms with E-state index in [9.17, 15) is 9.59 Å². The van der Waals surface area contributed by atoms with Gasteiger partial charge < -0.3 is 4.74 Å². The number of allylic oxidation sites excluding steroid dienone is 2. The molecule has 4 atom stereocenters. The zero-order valence-electron chi connectivity index (χ0n) is 14.0. The van der Waals surface area contributed by atoms with Crippen molar-refractivity contribution in [2.45, 2.75) is 32.6 Å². The Morgan fingerprint density at radius 1 is 1.00 bits per heavy atom. The van der Waals surface area contributed by atoms with Crippen LogP contribution < -0.4 is 9.64 Å². The summed E-state index contributed by atoms with van der Waals surface area (Å²) < 4.78 is 5.70. The molecule has 126 valence electrons. The van der Waals surface area contributed by atoms with E-state index >= 15 is 0 Å². The number of benzene rings is 1. The van der Waals surface area contributed by atoms with Crippen LogP contribution in [0.5, 0.6) is 5.75 Å². The van der Waals surface area contributed by atoms with Crippen LogP contribution in [0.2, 0.25) is 0 Å². The zero-order valence-corrected chi connectivity index (χ0v) is 14.0. The molecule has 2 amide bonds. The standard InChI is InChI=1S/C20H23NO3/c1-2-3-4-11-24-16-9-7-15(8-10-16)21-19(22)17-13-5-6-14(12-13)18(17)20(21)23/h5-10,13-14,17-18H,2-4,11-12H2,1H3/t13-,14+,17-,18-/m0/s1. The molecule has 1 saturated carbocycles. The van der Waals surface area contributed by atoms with Gasteiger partial charge in [-0.25, -0.2) is 0 Å². The van der Waals surface area contributed by atoms with Crippen LogP contribution in [0.4, 0.5) is 5.69 Å². The molecule has 4 heteroatoms. The lowest BCUT2D eigenvalue weighted by Gasteiger charge is -2.17. The topological polar surface area (TPSA) is 46.6 Å². The smallest absolute Gasteiger partial charge is 0.238 e. The first-order chi connectivity index (χ1) is 11.7. The number of carbonyl (C=O) groups is 2. The summed E-state index contributed by atoms with van der Waals surface area (Å²) in [4.78, 5) is 26.9. The van der Waals surface area contributed by atoms with Crippen LogP contribution in [0.25, 0.3) is 0 Å². The molecule has 3 aliphatic rings. The van der Waals surface area contributed by atoms with Gasteiger partial charge in [-0.2, -0.15) is 0 Å². The highest BCUT2D eigenvalue weighted by Gasteiger charge is 2.59. The summed E-state index contributed by atoms with van der Waals surface area (Å²) in [5.41, 5.74) is 0.666. The Morgan fingerprint density at radius 2 is 1.62 bits per heavy atom. The molecule has 24 heavy (non-hydrogen) atoms. The highest BCUT2D eigenvalue weighted by molar-refractivity contribution is 6.22. The summed E-state index contributed by atoms with van der Waals surface area (Å²) in [5, 5.41) is 0. The monoisotopic (exact) mass is 325 g/mol. The van der Waals surface area contributed by atoms with E-state index in [2.05, 4.69) is 19.1 Å². The lowest BCUT2D eigenvalue weighted by molar-refractivity contribution is -0.123. The molecule has 1 aromatic rings. The van der Waals surface area contributed by atoms with Gasteiger partial charge in [0.25, 0.3) is 0 Å². The maximum Gasteiger partial charge on any atom is 0.238 e. The predicted molar refractivity (Wildman–Crippen MR) is 91.7 cm³/mol. The number of ether oxygens (including phenoxy) is 1. The number of fused-ring (bicyclic) bond motifs is 5. The van der Waals surface area contributed by atoms with Crippen LogP contribution in [-0.2, 0) is 9.59 Å². The number of hydrogen-bond donors (Lipinski definition) is 0. The van der Waals surface area contributed by atoms with Crippen molar-refractivity contribution >= 4 is 17.5 Å². The first-order valence-electron chi connectivity index (χ1n) is 8.99. The number of carbonyl (C=O) groups excluding carboxylic acids is 2. The van der Waals surface area contributed by atoms with Gasteiger partial charge in [-0.3, -0.25) is 14.5 Å². The predicted octanol–water partition coefficient (Wildman–Crippen LogP) is 3.57. The molecule has 1 heterocycles. The van der Waals surface area contributed by atoms with Crippen molar-refractivity contribution in [3.63, 3.8) is 0 Å². The van der Waals surface area contributed by atoms with Gasteiger partial charge in [0.15, 0.2) is 0 Å². The Kier molecular flexibility index (Phi) is 3.91. The summed E-state index contributed by atoms with van der Waals surface area (Å²) in [6, 6.07) is 7.34. The van der Waals surface area contributed by atoms with Crippen LogP contribution in [0.1, 0.15) is 32.6 Å². The third-order valence-electron chi connectivity index (χ3n) is 5.58. The number of anilines is 1. The molecular formula is C20H23NO3. The minimum atomic E-state index is -0.141. The molecule has 0 radical (unpaired) electrons. The van der Waals surface area contributed by atoms with Crippen molar-refractivity contribution in [3.05, 3.63) is 36.4 Å². The SMILES string of the molecule is CCCCCOc1ccc(N2C(=O)[C@@H]3[C@@H](C2=O)[C@H]2C=C[C@@H]3C2)cc1. The van der Waals surface area contributed by atoms with Gasteiger partial charge in [-0.05, 0) is 48.9 Å². The van der Waals surface area contributed by atoms with E-state index in [0.717, 1.165) is 25.0 Å². The van der Waals surface area contributed by atoms with Gasteiger partial charge in [0, 0.05) is 0 Å². The summed E-state index contributed by atoms with van der Waals surface area (Å²) in [7, 11) is 0. The van der Waals surface area contributed by atoms with Crippen LogP contribution in [0, 0.1) is 23.7 Å². The zero-order chi connectivity index (χ0) is 16.7. The van der Waals surface area contributed by atoms with E-state index in [1.807, 2.05) is 24.3 Å².